The predicted molar refractivity (Wildman–Crippen MR) is 124 cm³/mol. The topological polar surface area (TPSA) is 95.9 Å². The van der Waals surface area contributed by atoms with E-state index in [1.165, 1.54) is 4.90 Å². The van der Waals surface area contributed by atoms with Crippen LogP contribution in [0, 0.1) is 0 Å². The maximum Gasteiger partial charge on any atom is 0.407 e. The lowest BCUT2D eigenvalue weighted by atomic mass is 9.98. The predicted octanol–water partition coefficient (Wildman–Crippen LogP) is 4.16. The lowest BCUT2D eigenvalue weighted by Gasteiger charge is -2.25. The zero-order valence-electron chi connectivity index (χ0n) is 18.8. The largest absolute Gasteiger partial charge is 0.480 e. The number of hydrogen-bond acceptors (Lipinski definition) is 4. The summed E-state index contributed by atoms with van der Waals surface area (Å²) in [4.78, 5) is 38.2. The Labute approximate surface area is 193 Å². The van der Waals surface area contributed by atoms with Gasteiger partial charge in [-0.05, 0) is 41.5 Å². The Morgan fingerprint density at radius 3 is 2.33 bits per heavy atom. The molecule has 1 aliphatic heterocycles. The number of carbonyl (C=O) groups is 3. The quantitative estimate of drug-likeness (QED) is 0.630. The zero-order chi connectivity index (χ0) is 23.4. The van der Waals surface area contributed by atoms with E-state index in [0.717, 1.165) is 28.7 Å². The SMILES string of the molecule is CCC[C@H](CC(=O)N1CCCC1C(=O)O)NC(=O)OCC1c2ccccc2-c2ccccc21. The van der Waals surface area contributed by atoms with Crippen molar-refractivity contribution in [3.8, 4) is 11.1 Å². The van der Waals surface area contributed by atoms with Gasteiger partial charge in [0.25, 0.3) is 0 Å². The number of fused-ring (bicyclic) bond motifs is 3. The first-order valence-corrected chi connectivity index (χ1v) is 11.6. The average Bonchev–Trinajstić information content (AvgIpc) is 3.42. The molecule has 1 heterocycles. The Bertz CT molecular complexity index is 991. The van der Waals surface area contributed by atoms with Gasteiger partial charge in [-0.1, -0.05) is 61.9 Å². The van der Waals surface area contributed by atoms with Gasteiger partial charge in [-0.3, -0.25) is 4.79 Å². The third-order valence-corrected chi connectivity index (χ3v) is 6.58. The zero-order valence-corrected chi connectivity index (χ0v) is 18.8. The number of carboxylic acids is 1. The minimum absolute atomic E-state index is 0.0321. The molecule has 1 saturated heterocycles. The standard InChI is InChI=1S/C26H30N2O5/c1-2-8-17(15-24(29)28-14-7-13-23(28)25(30)31)27-26(32)33-16-22-20-11-5-3-9-18(20)19-10-4-6-12-21(19)22/h3-6,9-12,17,22-23H,2,7-8,13-16H2,1H3,(H,27,32)(H,30,31)/t17-,23?/m1/s1. The molecule has 33 heavy (non-hydrogen) atoms. The van der Waals surface area contributed by atoms with Crippen molar-refractivity contribution >= 4 is 18.0 Å². The smallest absolute Gasteiger partial charge is 0.407 e. The summed E-state index contributed by atoms with van der Waals surface area (Å²) in [5.41, 5.74) is 4.60. The second-order valence-electron chi connectivity index (χ2n) is 8.74. The van der Waals surface area contributed by atoms with E-state index in [1.54, 1.807) is 0 Å². The number of hydrogen-bond donors (Lipinski definition) is 2. The molecule has 0 spiro atoms. The van der Waals surface area contributed by atoms with Gasteiger partial charge in [0.2, 0.25) is 5.91 Å². The van der Waals surface area contributed by atoms with Gasteiger partial charge in [0.05, 0.1) is 0 Å². The molecule has 0 radical (unpaired) electrons. The summed E-state index contributed by atoms with van der Waals surface area (Å²) in [5.74, 6) is -1.25. The van der Waals surface area contributed by atoms with Crippen LogP contribution >= 0.6 is 0 Å². The van der Waals surface area contributed by atoms with Gasteiger partial charge in [0.15, 0.2) is 0 Å². The van der Waals surface area contributed by atoms with Crippen LogP contribution < -0.4 is 5.32 Å². The molecular weight excluding hydrogens is 420 g/mol. The molecular formula is C26H30N2O5. The molecule has 2 N–H and O–H groups in total. The number of likely N-dealkylation sites (tertiary alicyclic amines) is 1. The lowest BCUT2D eigenvalue weighted by Crippen LogP contribution is -2.44. The van der Waals surface area contributed by atoms with Crippen LogP contribution in [0.25, 0.3) is 11.1 Å². The third-order valence-electron chi connectivity index (χ3n) is 6.58. The second-order valence-corrected chi connectivity index (χ2v) is 8.74. The Balaban J connectivity index is 1.37. The Kier molecular flexibility index (Phi) is 6.96. The number of ether oxygens (including phenoxy) is 1. The number of carboxylic acid groups (broad SMARTS) is 1. The van der Waals surface area contributed by atoms with E-state index in [2.05, 4.69) is 29.6 Å². The number of rotatable bonds is 8. The average molecular weight is 451 g/mol. The molecule has 174 valence electrons. The van der Waals surface area contributed by atoms with Gasteiger partial charge in [0, 0.05) is 24.9 Å². The van der Waals surface area contributed by atoms with Crippen molar-refractivity contribution in [1.82, 2.24) is 10.2 Å². The van der Waals surface area contributed by atoms with E-state index >= 15 is 0 Å². The van der Waals surface area contributed by atoms with Gasteiger partial charge in [-0.2, -0.15) is 0 Å². The van der Waals surface area contributed by atoms with E-state index in [0.29, 0.717) is 25.8 Å². The molecule has 2 aromatic carbocycles. The molecule has 4 rings (SSSR count). The fourth-order valence-corrected chi connectivity index (χ4v) is 5.03. The number of aliphatic carboxylic acids is 1. The summed E-state index contributed by atoms with van der Waals surface area (Å²) in [6, 6.07) is 15.1. The molecule has 2 aromatic rings. The lowest BCUT2D eigenvalue weighted by molar-refractivity contribution is -0.148. The summed E-state index contributed by atoms with van der Waals surface area (Å²) < 4.78 is 5.61. The number of nitrogens with one attached hydrogen (secondary N) is 1. The van der Waals surface area contributed by atoms with Crippen LogP contribution in [-0.2, 0) is 14.3 Å². The van der Waals surface area contributed by atoms with E-state index in [1.807, 2.05) is 31.2 Å². The van der Waals surface area contributed by atoms with Crippen LogP contribution in [0.5, 0.6) is 0 Å². The van der Waals surface area contributed by atoms with Crippen LogP contribution in [0.4, 0.5) is 4.79 Å². The maximum absolute atomic E-state index is 12.7. The van der Waals surface area contributed by atoms with Gasteiger partial charge in [-0.15, -0.1) is 0 Å². The van der Waals surface area contributed by atoms with Gasteiger partial charge < -0.3 is 20.1 Å². The monoisotopic (exact) mass is 450 g/mol. The number of carbonyl (C=O) groups excluding carboxylic acids is 2. The van der Waals surface area contributed by atoms with E-state index in [4.69, 9.17) is 4.74 Å². The van der Waals surface area contributed by atoms with Gasteiger partial charge >= 0.3 is 12.1 Å². The fraction of sp³-hybridized carbons (Fsp3) is 0.423. The van der Waals surface area contributed by atoms with Crippen LogP contribution in [0.15, 0.2) is 48.5 Å². The molecule has 1 aliphatic carbocycles. The molecule has 1 unspecified atom stereocenters. The highest BCUT2D eigenvalue weighted by Crippen LogP contribution is 2.44. The molecule has 2 atom stereocenters. The summed E-state index contributed by atoms with van der Waals surface area (Å²) in [7, 11) is 0. The van der Waals surface area contributed by atoms with Crippen LogP contribution in [-0.4, -0.2) is 53.2 Å². The molecule has 2 aliphatic rings. The maximum atomic E-state index is 12.7. The van der Waals surface area contributed by atoms with E-state index in [9.17, 15) is 19.5 Å². The molecule has 0 bridgehead atoms. The molecule has 0 saturated carbocycles. The fourth-order valence-electron chi connectivity index (χ4n) is 5.03. The Hall–Kier alpha value is -3.35. The van der Waals surface area contributed by atoms with Gasteiger partial charge in [-0.25, -0.2) is 9.59 Å². The molecule has 2 amide bonds. The number of alkyl carbamates (subject to hydrolysis) is 1. The first-order chi connectivity index (χ1) is 16.0. The van der Waals surface area contributed by atoms with Crippen LogP contribution in [0.1, 0.15) is 56.1 Å². The van der Waals surface area contributed by atoms with Crippen LogP contribution in [0.3, 0.4) is 0 Å². The van der Waals surface area contributed by atoms with E-state index < -0.39 is 24.1 Å². The van der Waals surface area contributed by atoms with Crippen molar-refractivity contribution < 1.29 is 24.2 Å². The van der Waals surface area contributed by atoms with E-state index in [-0.39, 0.29) is 24.9 Å². The van der Waals surface area contributed by atoms with Crippen molar-refractivity contribution in [2.45, 2.75) is 57.0 Å². The number of amides is 2. The minimum Gasteiger partial charge on any atom is -0.480 e. The summed E-state index contributed by atoms with van der Waals surface area (Å²) >= 11 is 0. The molecule has 7 heteroatoms. The highest BCUT2D eigenvalue weighted by Gasteiger charge is 2.35. The van der Waals surface area contributed by atoms with Crippen molar-refractivity contribution in [2.75, 3.05) is 13.2 Å². The summed E-state index contributed by atoms with van der Waals surface area (Å²) in [5, 5.41) is 12.2. The highest BCUT2D eigenvalue weighted by molar-refractivity contribution is 5.85. The first-order valence-electron chi connectivity index (χ1n) is 11.6. The highest BCUT2D eigenvalue weighted by atomic mass is 16.5. The Morgan fingerprint density at radius 1 is 1.09 bits per heavy atom. The summed E-state index contributed by atoms with van der Waals surface area (Å²) in [6.45, 7) is 2.63. The normalized spacial score (nSPS) is 17.8. The second kappa shape index (κ2) is 10.1. The Morgan fingerprint density at radius 2 is 1.73 bits per heavy atom. The van der Waals surface area contributed by atoms with Crippen molar-refractivity contribution in [1.29, 1.82) is 0 Å². The molecule has 7 nitrogen and oxygen atoms in total. The number of nitrogens with zero attached hydrogens (tertiary/aromatic N) is 1. The summed E-state index contributed by atoms with van der Waals surface area (Å²) in [6.07, 6.45) is 2.06. The number of benzene rings is 2. The van der Waals surface area contributed by atoms with Crippen LogP contribution in [0.2, 0.25) is 0 Å². The molecule has 0 aromatic heterocycles. The minimum atomic E-state index is -0.975. The molecule has 1 fully saturated rings. The third kappa shape index (κ3) is 4.87. The van der Waals surface area contributed by atoms with Crippen molar-refractivity contribution in [2.24, 2.45) is 0 Å². The first kappa shape index (κ1) is 22.8. The van der Waals surface area contributed by atoms with Crippen molar-refractivity contribution in [3.05, 3.63) is 59.7 Å². The van der Waals surface area contributed by atoms with Crippen molar-refractivity contribution in [3.63, 3.8) is 0 Å². The van der Waals surface area contributed by atoms with Gasteiger partial charge in [0.1, 0.15) is 12.6 Å².